The van der Waals surface area contributed by atoms with E-state index in [1.54, 1.807) is 0 Å². The van der Waals surface area contributed by atoms with Crippen LogP contribution in [0.2, 0.25) is 5.02 Å². The van der Waals surface area contributed by atoms with Crippen LogP contribution < -0.4 is 10.0 Å². The van der Waals surface area contributed by atoms with Crippen LogP contribution in [0.3, 0.4) is 0 Å². The zero-order valence-electron chi connectivity index (χ0n) is 18.6. The number of carbonyl (C=O) groups excluding carboxylic acids is 1. The summed E-state index contributed by atoms with van der Waals surface area (Å²) in [6.45, 7) is 6.40. The number of thioether (sulfide) groups is 1. The summed E-state index contributed by atoms with van der Waals surface area (Å²) in [6, 6.07) is 13.8. The van der Waals surface area contributed by atoms with Crippen molar-refractivity contribution in [2.24, 2.45) is 15.9 Å². The predicted octanol–water partition coefficient (Wildman–Crippen LogP) is 5.30. The molecule has 1 aliphatic heterocycles. The number of carboxylic acids is 1. The summed E-state index contributed by atoms with van der Waals surface area (Å²) in [5.41, 5.74) is 3.66. The summed E-state index contributed by atoms with van der Waals surface area (Å²) >= 11 is 7.35. The molecule has 0 aromatic heterocycles. The Bertz CT molecular complexity index is 1050. The highest BCUT2D eigenvalue weighted by atomic mass is 35.5. The number of benzene rings is 2. The number of amidine groups is 2. The van der Waals surface area contributed by atoms with Gasteiger partial charge < -0.3 is 14.8 Å². The third-order valence-corrected chi connectivity index (χ3v) is 7.56. The van der Waals surface area contributed by atoms with Crippen LogP contribution in [0.15, 0.2) is 52.4 Å². The molecule has 0 atom stereocenters. The first kappa shape index (κ1) is 22.9. The Kier molecular flexibility index (Phi) is 6.63. The van der Waals surface area contributed by atoms with E-state index in [4.69, 9.17) is 21.6 Å². The van der Waals surface area contributed by atoms with Gasteiger partial charge in [-0.2, -0.15) is 0 Å². The predicted molar refractivity (Wildman–Crippen MR) is 132 cm³/mol. The number of rotatable bonds is 4. The van der Waals surface area contributed by atoms with Gasteiger partial charge in [-0.25, -0.2) is 9.98 Å². The second-order valence-corrected chi connectivity index (χ2v) is 10.1. The number of hydrogen-bond donors (Lipinski definition) is 0. The molecule has 1 saturated carbocycles. The molecule has 168 valence electrons. The fraction of sp³-hybridized carbons (Fsp3) is 0.400. The average Bonchev–Trinajstić information content (AvgIpc) is 3.05. The maximum Gasteiger partial charge on any atom is 0.171 e. The zero-order chi connectivity index (χ0) is 22.9. The maximum atomic E-state index is 11.3. The Labute approximate surface area is 198 Å². The van der Waals surface area contributed by atoms with Crippen molar-refractivity contribution >= 4 is 51.7 Å². The number of carboxylic acid groups (broad SMARTS) is 1. The minimum Gasteiger partial charge on any atom is -0.549 e. The number of anilines is 1. The van der Waals surface area contributed by atoms with Gasteiger partial charge in [-0.1, -0.05) is 48.5 Å². The van der Waals surface area contributed by atoms with Crippen LogP contribution in [-0.4, -0.2) is 28.3 Å². The lowest BCUT2D eigenvalue weighted by atomic mass is 9.75. The first-order chi connectivity index (χ1) is 15.3. The molecule has 0 radical (unpaired) electrons. The third kappa shape index (κ3) is 4.44. The summed E-state index contributed by atoms with van der Waals surface area (Å²) in [4.78, 5) is 23.5. The molecule has 4 rings (SSSR count). The fourth-order valence-corrected chi connectivity index (χ4v) is 5.53. The van der Waals surface area contributed by atoms with Gasteiger partial charge in [0, 0.05) is 16.5 Å². The van der Waals surface area contributed by atoms with Crippen molar-refractivity contribution < 1.29 is 9.90 Å². The zero-order valence-corrected chi connectivity index (χ0v) is 20.2. The summed E-state index contributed by atoms with van der Waals surface area (Å²) in [6.07, 6.45) is 3.92. The van der Waals surface area contributed by atoms with E-state index >= 15 is 0 Å². The first-order valence-electron chi connectivity index (χ1n) is 10.9. The molecule has 5 nitrogen and oxygen atoms in total. The molecule has 1 fully saturated rings. The van der Waals surface area contributed by atoms with Gasteiger partial charge in [-0.3, -0.25) is 0 Å². The molecular weight excluding hydrogens is 442 g/mol. The minimum absolute atomic E-state index is 0.161. The average molecular weight is 469 g/mol. The Morgan fingerprint density at radius 3 is 2.41 bits per heavy atom. The van der Waals surface area contributed by atoms with Crippen LogP contribution in [0.4, 0.5) is 11.4 Å². The van der Waals surface area contributed by atoms with Gasteiger partial charge in [0.15, 0.2) is 11.0 Å². The molecule has 2 aromatic carbocycles. The Balaban J connectivity index is 1.87. The van der Waals surface area contributed by atoms with Crippen LogP contribution in [0.25, 0.3) is 0 Å². The quantitative estimate of drug-likeness (QED) is 0.611. The monoisotopic (exact) mass is 468 g/mol. The van der Waals surface area contributed by atoms with Crippen LogP contribution in [0.5, 0.6) is 0 Å². The molecule has 2 aliphatic rings. The van der Waals surface area contributed by atoms with E-state index in [0.717, 1.165) is 54.0 Å². The molecule has 7 heteroatoms. The number of aliphatic imine (C=N–C) groups is 2. The minimum atomic E-state index is -1.11. The van der Waals surface area contributed by atoms with E-state index in [9.17, 15) is 9.90 Å². The van der Waals surface area contributed by atoms with E-state index in [1.165, 1.54) is 11.8 Å². The van der Waals surface area contributed by atoms with Crippen LogP contribution >= 0.6 is 23.4 Å². The Morgan fingerprint density at radius 2 is 1.81 bits per heavy atom. The number of hydrogen-bond acceptors (Lipinski definition) is 5. The molecule has 1 spiro atoms. The van der Waals surface area contributed by atoms with Gasteiger partial charge in [0.1, 0.15) is 5.54 Å². The maximum absolute atomic E-state index is 11.3. The fourth-order valence-electron chi connectivity index (χ4n) is 4.60. The second-order valence-electron chi connectivity index (χ2n) is 8.76. The van der Waals surface area contributed by atoms with E-state index in [-0.39, 0.29) is 5.75 Å². The van der Waals surface area contributed by atoms with Crippen molar-refractivity contribution in [3.8, 4) is 0 Å². The van der Waals surface area contributed by atoms with Gasteiger partial charge in [-0.05, 0) is 80.8 Å². The lowest BCUT2D eigenvalue weighted by molar-refractivity contribution is -0.301. The summed E-state index contributed by atoms with van der Waals surface area (Å²) < 4.78 is 0. The smallest absolute Gasteiger partial charge is 0.171 e. The van der Waals surface area contributed by atoms with E-state index in [1.807, 2.05) is 30.3 Å². The highest BCUT2D eigenvalue weighted by molar-refractivity contribution is 8.14. The van der Waals surface area contributed by atoms with Gasteiger partial charge in [0.25, 0.3) is 0 Å². The molecule has 32 heavy (non-hydrogen) atoms. The molecule has 0 bridgehead atoms. The van der Waals surface area contributed by atoms with Crippen LogP contribution in [0, 0.1) is 19.8 Å². The summed E-state index contributed by atoms with van der Waals surface area (Å²) in [5, 5.41) is 12.6. The van der Waals surface area contributed by atoms with E-state index in [2.05, 4.69) is 37.8 Å². The van der Waals surface area contributed by atoms with Gasteiger partial charge >= 0.3 is 0 Å². The Morgan fingerprint density at radius 1 is 1.19 bits per heavy atom. The SMILES string of the molecule is Cc1cccc(C)c1N=C1N=C(SCC(=O)[O-])N(c2ccc(Cl)cc2)C12CCC(C)CC2. The number of para-hydroxylation sites is 1. The molecular formula is C25H27ClN3O2S-. The lowest BCUT2D eigenvalue weighted by Crippen LogP contribution is -2.53. The van der Waals surface area contributed by atoms with Gasteiger partial charge in [-0.15, -0.1) is 0 Å². The van der Waals surface area contributed by atoms with Gasteiger partial charge in [0.05, 0.1) is 11.7 Å². The largest absolute Gasteiger partial charge is 0.549 e. The topological polar surface area (TPSA) is 68.1 Å². The number of carbonyl (C=O) groups is 1. The molecule has 0 unspecified atom stereocenters. The van der Waals surface area contributed by atoms with Crippen molar-refractivity contribution in [1.29, 1.82) is 0 Å². The van der Waals surface area contributed by atoms with Crippen molar-refractivity contribution in [2.75, 3.05) is 10.7 Å². The third-order valence-electron chi connectivity index (χ3n) is 6.40. The summed E-state index contributed by atoms with van der Waals surface area (Å²) in [7, 11) is 0. The van der Waals surface area contributed by atoms with Crippen LogP contribution in [0.1, 0.15) is 43.7 Å². The highest BCUT2D eigenvalue weighted by Crippen LogP contribution is 2.46. The standard InChI is InChI=1S/C25H28ClN3O2S/c1-16-11-13-25(14-12-16)23(27-22-17(2)5-4-6-18(22)3)28-24(32-15-21(30)31)29(25)20-9-7-19(26)8-10-20/h4-10,16H,11-15H2,1-3H3,(H,30,31)/p-1. The molecule has 2 aromatic rings. The van der Waals surface area contributed by atoms with Crippen molar-refractivity contribution in [3.05, 3.63) is 58.6 Å². The number of aliphatic carboxylic acids is 1. The number of nitrogens with zero attached hydrogens (tertiary/aromatic N) is 3. The molecule has 0 N–H and O–H groups in total. The molecule has 0 saturated heterocycles. The van der Waals surface area contributed by atoms with E-state index < -0.39 is 11.5 Å². The van der Waals surface area contributed by atoms with Crippen LogP contribution in [-0.2, 0) is 4.79 Å². The van der Waals surface area contributed by atoms with Crippen molar-refractivity contribution in [3.63, 3.8) is 0 Å². The molecule has 1 heterocycles. The number of aryl methyl sites for hydroxylation is 2. The van der Waals surface area contributed by atoms with Crippen molar-refractivity contribution in [2.45, 2.75) is 52.0 Å². The number of halogens is 1. The molecule has 1 aliphatic carbocycles. The van der Waals surface area contributed by atoms with Crippen molar-refractivity contribution in [1.82, 2.24) is 0 Å². The second kappa shape index (κ2) is 9.28. The highest BCUT2D eigenvalue weighted by Gasteiger charge is 2.50. The Hall–Kier alpha value is -2.31. The lowest BCUT2D eigenvalue weighted by Gasteiger charge is -2.44. The first-order valence-corrected chi connectivity index (χ1v) is 12.3. The van der Waals surface area contributed by atoms with E-state index in [0.29, 0.717) is 16.1 Å². The summed E-state index contributed by atoms with van der Waals surface area (Å²) in [5.74, 6) is 0.124. The van der Waals surface area contributed by atoms with Gasteiger partial charge in [0.2, 0.25) is 0 Å². The normalized spacial score (nSPS) is 24.2. The molecule has 0 amide bonds.